The summed E-state index contributed by atoms with van der Waals surface area (Å²) in [7, 11) is 0. The van der Waals surface area contributed by atoms with Crippen LogP contribution in [0.1, 0.15) is 6.42 Å². The third kappa shape index (κ3) is 1.90. The molecule has 2 N–H and O–H groups in total. The molecule has 19 heavy (non-hydrogen) atoms. The van der Waals surface area contributed by atoms with Crippen molar-refractivity contribution in [2.75, 3.05) is 6.61 Å². The standard InChI is InChI=1S/C13H12FN3O2/c14-8-2-3-10-9(6-8)11-12(16-10)13(19)17(7-15-11)4-1-5-18/h2-3,6-7,16,18H,1,4-5H2. The second-order valence-corrected chi connectivity index (χ2v) is 4.36. The Morgan fingerprint density at radius 2 is 2.26 bits per heavy atom. The molecule has 5 nitrogen and oxygen atoms in total. The Bertz CT molecular complexity index is 807. The molecule has 0 atom stereocenters. The van der Waals surface area contributed by atoms with E-state index in [1.165, 1.54) is 23.0 Å². The Morgan fingerprint density at radius 1 is 1.42 bits per heavy atom. The van der Waals surface area contributed by atoms with Gasteiger partial charge in [0.15, 0.2) is 0 Å². The molecule has 0 spiro atoms. The van der Waals surface area contributed by atoms with Gasteiger partial charge in [-0.3, -0.25) is 9.36 Å². The van der Waals surface area contributed by atoms with Crippen molar-refractivity contribution >= 4 is 21.9 Å². The number of benzene rings is 1. The van der Waals surface area contributed by atoms with Gasteiger partial charge in [0.2, 0.25) is 0 Å². The molecule has 3 rings (SSSR count). The zero-order valence-electron chi connectivity index (χ0n) is 10.1. The van der Waals surface area contributed by atoms with Crippen molar-refractivity contribution in [1.82, 2.24) is 14.5 Å². The maximum atomic E-state index is 13.2. The maximum absolute atomic E-state index is 13.2. The van der Waals surface area contributed by atoms with Crippen molar-refractivity contribution in [3.05, 3.63) is 40.7 Å². The van der Waals surface area contributed by atoms with Gasteiger partial charge in [-0.15, -0.1) is 0 Å². The zero-order valence-corrected chi connectivity index (χ0v) is 10.1. The molecule has 98 valence electrons. The quantitative estimate of drug-likeness (QED) is 0.748. The van der Waals surface area contributed by atoms with Gasteiger partial charge in [-0.25, -0.2) is 9.37 Å². The molecule has 0 fully saturated rings. The van der Waals surface area contributed by atoms with Crippen molar-refractivity contribution in [2.45, 2.75) is 13.0 Å². The molecular weight excluding hydrogens is 249 g/mol. The van der Waals surface area contributed by atoms with E-state index in [9.17, 15) is 9.18 Å². The highest BCUT2D eigenvalue weighted by Crippen LogP contribution is 2.21. The fourth-order valence-corrected chi connectivity index (χ4v) is 2.16. The molecule has 0 saturated carbocycles. The summed E-state index contributed by atoms with van der Waals surface area (Å²) in [5.74, 6) is -0.361. The van der Waals surface area contributed by atoms with E-state index in [0.29, 0.717) is 34.9 Å². The monoisotopic (exact) mass is 261 g/mol. The van der Waals surface area contributed by atoms with Crippen LogP contribution in [0.15, 0.2) is 29.3 Å². The minimum Gasteiger partial charge on any atom is -0.396 e. The highest BCUT2D eigenvalue weighted by atomic mass is 19.1. The number of aromatic nitrogens is 3. The van der Waals surface area contributed by atoms with Crippen LogP contribution in [0.3, 0.4) is 0 Å². The van der Waals surface area contributed by atoms with Crippen LogP contribution in [-0.2, 0) is 6.54 Å². The summed E-state index contributed by atoms with van der Waals surface area (Å²) < 4.78 is 14.7. The highest BCUT2D eigenvalue weighted by Gasteiger charge is 2.11. The Balaban J connectivity index is 2.26. The number of aryl methyl sites for hydroxylation is 1. The number of nitrogens with one attached hydrogen (secondary N) is 1. The summed E-state index contributed by atoms with van der Waals surface area (Å²) in [6.45, 7) is 0.421. The van der Waals surface area contributed by atoms with Gasteiger partial charge in [-0.2, -0.15) is 0 Å². The molecule has 2 aromatic heterocycles. The lowest BCUT2D eigenvalue weighted by atomic mass is 10.2. The van der Waals surface area contributed by atoms with E-state index in [-0.39, 0.29) is 18.0 Å². The average molecular weight is 261 g/mol. The smallest absolute Gasteiger partial charge is 0.277 e. The van der Waals surface area contributed by atoms with Gasteiger partial charge < -0.3 is 10.1 Å². The van der Waals surface area contributed by atoms with Gasteiger partial charge in [0.1, 0.15) is 16.9 Å². The predicted molar refractivity (Wildman–Crippen MR) is 69.5 cm³/mol. The number of hydrogen-bond donors (Lipinski definition) is 2. The first-order valence-corrected chi connectivity index (χ1v) is 5.98. The number of aliphatic hydroxyl groups is 1. The van der Waals surface area contributed by atoms with E-state index in [1.54, 1.807) is 6.07 Å². The molecule has 0 aliphatic rings. The Hall–Kier alpha value is -2.21. The summed E-state index contributed by atoms with van der Waals surface area (Å²) in [6.07, 6.45) is 1.92. The second kappa shape index (κ2) is 4.47. The third-order valence-corrected chi connectivity index (χ3v) is 3.09. The van der Waals surface area contributed by atoms with Crippen LogP contribution < -0.4 is 5.56 Å². The van der Waals surface area contributed by atoms with Gasteiger partial charge in [0, 0.05) is 24.1 Å². The Kier molecular flexibility index (Phi) is 2.79. The van der Waals surface area contributed by atoms with Crippen LogP contribution in [0.4, 0.5) is 4.39 Å². The lowest BCUT2D eigenvalue weighted by Gasteiger charge is -2.02. The van der Waals surface area contributed by atoms with Gasteiger partial charge in [-0.1, -0.05) is 0 Å². The van der Waals surface area contributed by atoms with Crippen LogP contribution in [-0.4, -0.2) is 26.2 Å². The summed E-state index contributed by atoms with van der Waals surface area (Å²) in [5, 5.41) is 9.39. The van der Waals surface area contributed by atoms with Crippen molar-refractivity contribution in [2.24, 2.45) is 0 Å². The van der Waals surface area contributed by atoms with E-state index in [2.05, 4.69) is 9.97 Å². The predicted octanol–water partition coefficient (Wildman–Crippen LogP) is 1.40. The molecular formula is C13H12FN3O2. The number of fused-ring (bicyclic) bond motifs is 3. The summed E-state index contributed by atoms with van der Waals surface area (Å²) in [5.41, 5.74) is 1.30. The van der Waals surface area contributed by atoms with Crippen molar-refractivity contribution in [3.63, 3.8) is 0 Å². The third-order valence-electron chi connectivity index (χ3n) is 3.09. The molecule has 0 saturated heterocycles. The van der Waals surface area contributed by atoms with E-state index >= 15 is 0 Å². The number of aromatic amines is 1. The van der Waals surface area contributed by atoms with Crippen molar-refractivity contribution in [3.8, 4) is 0 Å². The normalized spacial score (nSPS) is 11.5. The molecule has 0 aliphatic heterocycles. The minimum atomic E-state index is -0.361. The number of rotatable bonds is 3. The summed E-state index contributed by atoms with van der Waals surface area (Å²) >= 11 is 0. The number of H-pyrrole nitrogens is 1. The number of aliphatic hydroxyl groups excluding tert-OH is 1. The van der Waals surface area contributed by atoms with Crippen LogP contribution in [0.2, 0.25) is 0 Å². The zero-order chi connectivity index (χ0) is 13.4. The average Bonchev–Trinajstić information content (AvgIpc) is 2.77. The number of halogens is 1. The molecule has 3 aromatic rings. The van der Waals surface area contributed by atoms with Crippen molar-refractivity contribution in [1.29, 1.82) is 0 Å². The molecule has 1 aromatic carbocycles. The lowest BCUT2D eigenvalue weighted by molar-refractivity contribution is 0.279. The fraction of sp³-hybridized carbons (Fsp3) is 0.231. The largest absolute Gasteiger partial charge is 0.396 e. The van der Waals surface area contributed by atoms with Crippen LogP contribution >= 0.6 is 0 Å². The molecule has 0 bridgehead atoms. The number of hydrogen-bond acceptors (Lipinski definition) is 3. The lowest BCUT2D eigenvalue weighted by Crippen LogP contribution is -2.21. The molecule has 0 unspecified atom stereocenters. The second-order valence-electron chi connectivity index (χ2n) is 4.36. The first kappa shape index (κ1) is 11.9. The molecule has 0 radical (unpaired) electrons. The van der Waals surface area contributed by atoms with E-state index in [1.807, 2.05) is 0 Å². The minimum absolute atomic E-state index is 0.0163. The Morgan fingerprint density at radius 3 is 3.05 bits per heavy atom. The number of nitrogens with zero attached hydrogens (tertiary/aromatic N) is 2. The topological polar surface area (TPSA) is 70.9 Å². The fourth-order valence-electron chi connectivity index (χ4n) is 2.16. The van der Waals surface area contributed by atoms with Gasteiger partial charge in [0.25, 0.3) is 5.56 Å². The van der Waals surface area contributed by atoms with Gasteiger partial charge in [-0.05, 0) is 24.6 Å². The summed E-state index contributed by atoms with van der Waals surface area (Å²) in [4.78, 5) is 19.4. The van der Waals surface area contributed by atoms with Gasteiger partial charge in [0.05, 0.1) is 6.33 Å². The molecule has 0 aliphatic carbocycles. The van der Waals surface area contributed by atoms with E-state index in [0.717, 1.165) is 0 Å². The maximum Gasteiger partial charge on any atom is 0.277 e. The van der Waals surface area contributed by atoms with E-state index < -0.39 is 0 Å². The first-order valence-electron chi connectivity index (χ1n) is 5.98. The highest BCUT2D eigenvalue weighted by molar-refractivity contribution is 6.04. The Labute approximate surface area is 107 Å². The van der Waals surface area contributed by atoms with Crippen LogP contribution in [0, 0.1) is 5.82 Å². The summed E-state index contributed by atoms with van der Waals surface area (Å²) in [6, 6.07) is 4.28. The van der Waals surface area contributed by atoms with Crippen LogP contribution in [0.25, 0.3) is 21.9 Å². The SMILES string of the molecule is O=c1c2[nH]c3ccc(F)cc3c2ncn1CCCO. The van der Waals surface area contributed by atoms with E-state index in [4.69, 9.17) is 5.11 Å². The van der Waals surface area contributed by atoms with Crippen molar-refractivity contribution < 1.29 is 9.50 Å². The van der Waals surface area contributed by atoms with Gasteiger partial charge >= 0.3 is 0 Å². The molecule has 6 heteroatoms. The molecule has 0 amide bonds. The first-order chi connectivity index (χ1) is 9.20. The van der Waals surface area contributed by atoms with Crippen LogP contribution in [0.5, 0.6) is 0 Å². The molecule has 2 heterocycles.